The van der Waals surface area contributed by atoms with E-state index in [1.165, 1.54) is 0 Å². The summed E-state index contributed by atoms with van der Waals surface area (Å²) >= 11 is 0. The van der Waals surface area contributed by atoms with E-state index in [1.54, 1.807) is 0 Å². The number of pyridine rings is 1. The first-order chi connectivity index (χ1) is 7.25. The van der Waals surface area contributed by atoms with Crippen LogP contribution in [0.15, 0.2) is 24.3 Å². The van der Waals surface area contributed by atoms with Crippen molar-refractivity contribution in [3.63, 3.8) is 0 Å². The molecule has 2 aromatic heterocycles. The molecule has 15 heavy (non-hydrogen) atoms. The summed E-state index contributed by atoms with van der Waals surface area (Å²) in [6, 6.07) is 8.30. The lowest BCUT2D eigenvalue weighted by Gasteiger charge is -1.99. The summed E-state index contributed by atoms with van der Waals surface area (Å²) in [6.07, 6.45) is 0. The average Bonchev–Trinajstić information content (AvgIpc) is 2.61. The van der Waals surface area contributed by atoms with Gasteiger partial charge in [-0.3, -0.25) is 10.1 Å². The quantitative estimate of drug-likeness (QED) is 0.602. The molecule has 0 aliphatic heterocycles. The van der Waals surface area contributed by atoms with Crippen LogP contribution in [0.5, 0.6) is 0 Å². The molecule has 0 amide bonds. The summed E-state index contributed by atoms with van der Waals surface area (Å²) in [7, 11) is 0. The second kappa shape index (κ2) is 2.79. The highest BCUT2D eigenvalue weighted by molar-refractivity contribution is 6.03. The highest BCUT2D eigenvalue weighted by Crippen LogP contribution is 2.23. The van der Waals surface area contributed by atoms with Gasteiger partial charge in [-0.1, -0.05) is 18.2 Å². The van der Waals surface area contributed by atoms with Crippen LogP contribution in [0.3, 0.4) is 0 Å². The summed E-state index contributed by atoms with van der Waals surface area (Å²) < 4.78 is 0. The Morgan fingerprint density at radius 2 is 1.87 bits per heavy atom. The van der Waals surface area contributed by atoms with E-state index < -0.39 is 0 Å². The number of nitrogens with one attached hydrogen (secondary N) is 1. The van der Waals surface area contributed by atoms with Crippen molar-refractivity contribution in [1.29, 1.82) is 0 Å². The summed E-state index contributed by atoms with van der Waals surface area (Å²) in [5, 5.41) is 9.56. The minimum absolute atomic E-state index is 1.01. The summed E-state index contributed by atoms with van der Waals surface area (Å²) in [6.45, 7) is 4.00. The van der Waals surface area contributed by atoms with Crippen molar-refractivity contribution in [1.82, 2.24) is 15.2 Å². The van der Waals surface area contributed by atoms with Crippen LogP contribution in [0, 0.1) is 13.8 Å². The largest absolute Gasteiger partial charge is 0.275 e. The van der Waals surface area contributed by atoms with Gasteiger partial charge in [0, 0.05) is 16.5 Å². The number of rotatable bonds is 0. The van der Waals surface area contributed by atoms with E-state index in [4.69, 9.17) is 0 Å². The van der Waals surface area contributed by atoms with Gasteiger partial charge in [0.2, 0.25) is 0 Å². The van der Waals surface area contributed by atoms with Crippen molar-refractivity contribution in [2.75, 3.05) is 0 Å². The fraction of sp³-hybridized carbons (Fsp3) is 0.167. The van der Waals surface area contributed by atoms with E-state index in [2.05, 4.69) is 33.4 Å². The standard InChI is InChI=1S/C12H11N3/c1-7-3-4-9-5-6-10-8(2)14-15-12(10)11(9)13-7/h3-6H,1-2H3,(H,14,15). The van der Waals surface area contributed by atoms with Crippen LogP contribution in [0.1, 0.15) is 11.4 Å². The smallest absolute Gasteiger partial charge is 0.0962 e. The van der Waals surface area contributed by atoms with Crippen molar-refractivity contribution in [3.05, 3.63) is 35.7 Å². The highest BCUT2D eigenvalue weighted by atomic mass is 15.1. The number of fused-ring (bicyclic) bond motifs is 3. The van der Waals surface area contributed by atoms with Gasteiger partial charge >= 0.3 is 0 Å². The van der Waals surface area contributed by atoms with E-state index in [0.717, 1.165) is 33.2 Å². The average molecular weight is 197 g/mol. The van der Waals surface area contributed by atoms with Crippen molar-refractivity contribution < 1.29 is 0 Å². The molecule has 0 bridgehead atoms. The molecule has 0 saturated carbocycles. The molecule has 0 unspecified atom stereocenters. The molecule has 1 aromatic carbocycles. The molecule has 0 spiro atoms. The molecular formula is C12H11N3. The third kappa shape index (κ3) is 1.13. The van der Waals surface area contributed by atoms with Crippen LogP contribution in [0.2, 0.25) is 0 Å². The second-order valence-electron chi connectivity index (χ2n) is 3.82. The van der Waals surface area contributed by atoms with Crippen molar-refractivity contribution >= 4 is 21.8 Å². The molecule has 3 aromatic rings. The summed E-state index contributed by atoms with van der Waals surface area (Å²) in [5.41, 5.74) is 4.10. The van der Waals surface area contributed by atoms with Gasteiger partial charge in [-0.15, -0.1) is 0 Å². The van der Waals surface area contributed by atoms with Gasteiger partial charge in [-0.05, 0) is 19.9 Å². The lowest BCUT2D eigenvalue weighted by molar-refractivity contribution is 1.07. The molecular weight excluding hydrogens is 186 g/mol. The molecule has 0 saturated heterocycles. The Balaban J connectivity index is 2.57. The zero-order valence-corrected chi connectivity index (χ0v) is 8.70. The molecule has 3 rings (SSSR count). The van der Waals surface area contributed by atoms with Gasteiger partial charge in [-0.2, -0.15) is 5.10 Å². The predicted octanol–water partition coefficient (Wildman–Crippen LogP) is 2.73. The van der Waals surface area contributed by atoms with Crippen molar-refractivity contribution in [2.45, 2.75) is 13.8 Å². The molecule has 0 aliphatic rings. The van der Waals surface area contributed by atoms with E-state index in [9.17, 15) is 0 Å². The van der Waals surface area contributed by atoms with Gasteiger partial charge in [0.25, 0.3) is 0 Å². The first kappa shape index (κ1) is 8.41. The number of hydrogen-bond donors (Lipinski definition) is 1. The maximum atomic E-state index is 4.55. The molecule has 3 nitrogen and oxygen atoms in total. The Kier molecular flexibility index (Phi) is 1.57. The Bertz CT molecular complexity index is 652. The third-order valence-electron chi connectivity index (χ3n) is 2.73. The Morgan fingerprint density at radius 1 is 1.07 bits per heavy atom. The number of aromatic amines is 1. The molecule has 2 heterocycles. The molecule has 0 radical (unpaired) electrons. The topological polar surface area (TPSA) is 41.6 Å². The molecule has 1 N–H and O–H groups in total. The SMILES string of the molecule is Cc1ccc2ccc3c(C)n[nH]c3c2n1. The van der Waals surface area contributed by atoms with Crippen LogP contribution in [-0.4, -0.2) is 15.2 Å². The van der Waals surface area contributed by atoms with E-state index >= 15 is 0 Å². The lowest BCUT2D eigenvalue weighted by Crippen LogP contribution is -1.84. The van der Waals surface area contributed by atoms with Crippen LogP contribution in [0.25, 0.3) is 21.8 Å². The van der Waals surface area contributed by atoms with Crippen molar-refractivity contribution in [2.24, 2.45) is 0 Å². The summed E-state index contributed by atoms with van der Waals surface area (Å²) in [4.78, 5) is 4.55. The number of aryl methyl sites for hydroxylation is 2. The fourth-order valence-electron chi connectivity index (χ4n) is 1.90. The zero-order valence-electron chi connectivity index (χ0n) is 8.70. The van der Waals surface area contributed by atoms with Crippen LogP contribution in [0.4, 0.5) is 0 Å². The fourth-order valence-corrected chi connectivity index (χ4v) is 1.90. The third-order valence-corrected chi connectivity index (χ3v) is 2.73. The molecule has 3 heteroatoms. The molecule has 0 fully saturated rings. The number of benzene rings is 1. The van der Waals surface area contributed by atoms with Crippen LogP contribution >= 0.6 is 0 Å². The Hall–Kier alpha value is -1.90. The first-order valence-corrected chi connectivity index (χ1v) is 4.97. The lowest BCUT2D eigenvalue weighted by atomic mass is 10.1. The minimum Gasteiger partial charge on any atom is -0.275 e. The van der Waals surface area contributed by atoms with Crippen molar-refractivity contribution in [3.8, 4) is 0 Å². The van der Waals surface area contributed by atoms with E-state index in [-0.39, 0.29) is 0 Å². The van der Waals surface area contributed by atoms with Crippen LogP contribution in [-0.2, 0) is 0 Å². The van der Waals surface area contributed by atoms with Gasteiger partial charge in [0.05, 0.1) is 16.7 Å². The maximum Gasteiger partial charge on any atom is 0.0962 e. The molecule has 74 valence electrons. The van der Waals surface area contributed by atoms with E-state index in [1.807, 2.05) is 19.9 Å². The zero-order chi connectivity index (χ0) is 10.4. The maximum absolute atomic E-state index is 4.55. The van der Waals surface area contributed by atoms with E-state index in [0.29, 0.717) is 0 Å². The second-order valence-corrected chi connectivity index (χ2v) is 3.82. The Labute approximate surface area is 87.1 Å². The predicted molar refractivity (Wildman–Crippen MR) is 60.9 cm³/mol. The number of aromatic nitrogens is 3. The Morgan fingerprint density at radius 3 is 2.73 bits per heavy atom. The number of nitrogens with zero attached hydrogens (tertiary/aromatic N) is 2. The van der Waals surface area contributed by atoms with Gasteiger partial charge in [-0.25, -0.2) is 0 Å². The molecule has 0 atom stereocenters. The van der Waals surface area contributed by atoms with Crippen LogP contribution < -0.4 is 0 Å². The van der Waals surface area contributed by atoms with Gasteiger partial charge in [0.15, 0.2) is 0 Å². The van der Waals surface area contributed by atoms with Gasteiger partial charge in [0.1, 0.15) is 0 Å². The molecule has 0 aliphatic carbocycles. The number of H-pyrrole nitrogens is 1. The van der Waals surface area contributed by atoms with Gasteiger partial charge < -0.3 is 0 Å². The normalized spacial score (nSPS) is 11.3. The number of hydrogen-bond acceptors (Lipinski definition) is 2. The highest BCUT2D eigenvalue weighted by Gasteiger charge is 2.06. The first-order valence-electron chi connectivity index (χ1n) is 4.97. The minimum atomic E-state index is 1.01. The monoisotopic (exact) mass is 197 g/mol. The summed E-state index contributed by atoms with van der Waals surface area (Å²) in [5.74, 6) is 0.